The van der Waals surface area contributed by atoms with Gasteiger partial charge in [0, 0.05) is 33.5 Å². The van der Waals surface area contributed by atoms with Crippen LogP contribution < -0.4 is 10.9 Å². The van der Waals surface area contributed by atoms with Crippen LogP contribution in [0.1, 0.15) is 51.1 Å². The van der Waals surface area contributed by atoms with Crippen molar-refractivity contribution in [3.05, 3.63) is 51.4 Å². The number of anilines is 2. The number of aryl methyl sites for hydroxylation is 1. The largest absolute Gasteiger partial charge is 0.324 e. The monoisotopic (exact) mass is 428 g/mol. The Bertz CT molecular complexity index is 1110. The van der Waals surface area contributed by atoms with Crippen LogP contribution in [-0.2, 0) is 0 Å². The van der Waals surface area contributed by atoms with E-state index in [0.717, 1.165) is 42.3 Å². The summed E-state index contributed by atoms with van der Waals surface area (Å²) >= 11 is 8.04. The molecule has 3 aromatic rings. The van der Waals surface area contributed by atoms with Crippen molar-refractivity contribution in [2.75, 3.05) is 5.32 Å². The highest BCUT2D eigenvalue weighted by molar-refractivity contribution is 7.99. The van der Waals surface area contributed by atoms with Gasteiger partial charge < -0.3 is 5.32 Å². The molecule has 5 nitrogen and oxygen atoms in total. The van der Waals surface area contributed by atoms with Crippen LogP contribution >= 0.6 is 23.4 Å². The van der Waals surface area contributed by atoms with E-state index in [2.05, 4.69) is 49.3 Å². The third kappa shape index (κ3) is 4.28. The number of rotatable bonds is 5. The summed E-state index contributed by atoms with van der Waals surface area (Å²) in [5.41, 5.74) is 2.57. The molecule has 1 aliphatic carbocycles. The van der Waals surface area contributed by atoms with Gasteiger partial charge >= 0.3 is 0 Å². The number of hydrogen-bond acceptors (Lipinski definition) is 5. The molecule has 1 saturated carbocycles. The van der Waals surface area contributed by atoms with Crippen molar-refractivity contribution < 1.29 is 0 Å². The van der Waals surface area contributed by atoms with Gasteiger partial charge in [-0.05, 0) is 49.6 Å². The molecule has 0 saturated heterocycles. The van der Waals surface area contributed by atoms with Crippen molar-refractivity contribution in [1.82, 2.24) is 14.5 Å². The van der Waals surface area contributed by atoms with Crippen LogP contribution in [0.2, 0.25) is 5.02 Å². The lowest BCUT2D eigenvalue weighted by atomic mass is 10.2. The SMILES string of the molecule is Cc1cc(SC(C)C)ccc1Nc1ncc2cc(Cl)c(=O)n(C3CCCC3)c2n1. The normalized spacial score (nSPS) is 14.8. The molecule has 2 heterocycles. The highest BCUT2D eigenvalue weighted by Crippen LogP contribution is 2.32. The minimum Gasteiger partial charge on any atom is -0.324 e. The number of hydrogen-bond donors (Lipinski definition) is 1. The smallest absolute Gasteiger partial charge is 0.271 e. The van der Waals surface area contributed by atoms with Gasteiger partial charge in [-0.15, -0.1) is 11.8 Å². The lowest BCUT2D eigenvalue weighted by Crippen LogP contribution is -2.25. The second-order valence-electron chi connectivity index (χ2n) is 7.85. The van der Waals surface area contributed by atoms with Gasteiger partial charge in [0.1, 0.15) is 10.7 Å². The Morgan fingerprint density at radius 2 is 2.00 bits per heavy atom. The van der Waals surface area contributed by atoms with E-state index in [0.29, 0.717) is 16.8 Å². The standard InChI is InChI=1S/C22H25ClN4OS/c1-13(2)29-17-8-9-19(14(3)10-17)25-22-24-12-15-11-18(23)21(28)27(20(15)26-22)16-6-4-5-7-16/h8-13,16H,4-7H2,1-3H3,(H,24,25,26). The summed E-state index contributed by atoms with van der Waals surface area (Å²) in [6, 6.07) is 8.15. The summed E-state index contributed by atoms with van der Waals surface area (Å²) in [4.78, 5) is 23.2. The summed E-state index contributed by atoms with van der Waals surface area (Å²) < 4.78 is 1.77. The maximum atomic E-state index is 12.8. The molecule has 1 aliphatic rings. The minimum atomic E-state index is -0.165. The Morgan fingerprint density at radius 3 is 2.69 bits per heavy atom. The van der Waals surface area contributed by atoms with E-state index in [9.17, 15) is 4.79 Å². The van der Waals surface area contributed by atoms with Crippen molar-refractivity contribution in [2.24, 2.45) is 0 Å². The van der Waals surface area contributed by atoms with Crippen molar-refractivity contribution in [1.29, 1.82) is 0 Å². The molecule has 2 aromatic heterocycles. The van der Waals surface area contributed by atoms with Gasteiger partial charge in [-0.2, -0.15) is 4.98 Å². The fraction of sp³-hybridized carbons (Fsp3) is 0.409. The molecule has 152 valence electrons. The predicted octanol–water partition coefficient (Wildman–Crippen LogP) is 6.11. The number of fused-ring (bicyclic) bond motifs is 1. The van der Waals surface area contributed by atoms with E-state index in [1.807, 2.05) is 11.8 Å². The summed E-state index contributed by atoms with van der Waals surface area (Å²) in [7, 11) is 0. The zero-order valence-corrected chi connectivity index (χ0v) is 18.5. The van der Waals surface area contributed by atoms with Gasteiger partial charge in [-0.25, -0.2) is 4.98 Å². The summed E-state index contributed by atoms with van der Waals surface area (Å²) in [5.74, 6) is 0.485. The van der Waals surface area contributed by atoms with Crippen LogP contribution in [0.3, 0.4) is 0 Å². The number of thioether (sulfide) groups is 1. The first kappa shape index (κ1) is 20.2. The molecule has 0 unspecified atom stereocenters. The van der Waals surface area contributed by atoms with E-state index in [-0.39, 0.29) is 16.6 Å². The molecule has 0 bridgehead atoms. The van der Waals surface area contributed by atoms with Crippen LogP contribution in [-0.4, -0.2) is 19.8 Å². The highest BCUT2D eigenvalue weighted by Gasteiger charge is 2.22. The molecule has 0 spiro atoms. The number of pyridine rings is 1. The minimum absolute atomic E-state index is 0.153. The van der Waals surface area contributed by atoms with E-state index in [4.69, 9.17) is 16.6 Å². The zero-order chi connectivity index (χ0) is 20.5. The first-order valence-electron chi connectivity index (χ1n) is 10.0. The van der Waals surface area contributed by atoms with Gasteiger partial charge in [0.25, 0.3) is 5.56 Å². The quantitative estimate of drug-likeness (QED) is 0.496. The Kier molecular flexibility index (Phi) is 5.83. The van der Waals surface area contributed by atoms with E-state index < -0.39 is 0 Å². The molecule has 7 heteroatoms. The third-order valence-corrected chi connectivity index (χ3v) is 6.50. The van der Waals surface area contributed by atoms with Crippen molar-refractivity contribution in [3.8, 4) is 0 Å². The van der Waals surface area contributed by atoms with E-state index in [1.54, 1.807) is 16.8 Å². The summed E-state index contributed by atoms with van der Waals surface area (Å²) in [5, 5.41) is 4.86. The molecular formula is C22H25ClN4OS. The van der Waals surface area contributed by atoms with Crippen LogP contribution in [0.4, 0.5) is 11.6 Å². The number of aromatic nitrogens is 3. The summed E-state index contributed by atoms with van der Waals surface area (Å²) in [6.07, 6.45) is 5.95. The van der Waals surface area contributed by atoms with E-state index in [1.165, 1.54) is 4.90 Å². The van der Waals surface area contributed by atoms with Crippen molar-refractivity contribution in [3.63, 3.8) is 0 Å². The second kappa shape index (κ2) is 8.36. The molecule has 1 aromatic carbocycles. The fourth-order valence-corrected chi connectivity index (χ4v) is 5.03. The molecule has 0 atom stereocenters. The Labute approximate surface area is 179 Å². The Morgan fingerprint density at radius 1 is 1.24 bits per heavy atom. The average molecular weight is 429 g/mol. The molecule has 0 radical (unpaired) electrons. The van der Waals surface area contributed by atoms with Crippen LogP contribution in [0.15, 0.2) is 40.2 Å². The predicted molar refractivity (Wildman–Crippen MR) is 122 cm³/mol. The first-order chi connectivity index (χ1) is 13.9. The number of benzene rings is 1. The fourth-order valence-electron chi connectivity index (χ4n) is 3.89. The highest BCUT2D eigenvalue weighted by atomic mass is 35.5. The molecular weight excluding hydrogens is 404 g/mol. The molecule has 29 heavy (non-hydrogen) atoms. The van der Waals surface area contributed by atoms with Gasteiger partial charge in [0.05, 0.1) is 0 Å². The lowest BCUT2D eigenvalue weighted by molar-refractivity contribution is 0.516. The lowest BCUT2D eigenvalue weighted by Gasteiger charge is -2.17. The van der Waals surface area contributed by atoms with E-state index >= 15 is 0 Å². The second-order valence-corrected chi connectivity index (χ2v) is 9.90. The Hall–Kier alpha value is -2.05. The molecule has 1 fully saturated rings. The number of nitrogens with one attached hydrogen (secondary N) is 1. The van der Waals surface area contributed by atoms with Gasteiger partial charge in [0.15, 0.2) is 0 Å². The molecule has 1 N–H and O–H groups in total. The third-order valence-electron chi connectivity index (χ3n) is 5.24. The topological polar surface area (TPSA) is 59.8 Å². The maximum Gasteiger partial charge on any atom is 0.271 e. The number of nitrogens with zero attached hydrogens (tertiary/aromatic N) is 3. The molecule has 0 amide bonds. The maximum absolute atomic E-state index is 12.8. The Balaban J connectivity index is 1.71. The van der Waals surface area contributed by atoms with Gasteiger partial charge in [-0.1, -0.05) is 38.3 Å². The van der Waals surface area contributed by atoms with Crippen molar-refractivity contribution in [2.45, 2.75) is 62.6 Å². The molecule has 4 rings (SSSR count). The summed E-state index contributed by atoms with van der Waals surface area (Å²) in [6.45, 7) is 6.44. The first-order valence-corrected chi connectivity index (χ1v) is 11.3. The number of halogens is 1. The van der Waals surface area contributed by atoms with Crippen LogP contribution in [0, 0.1) is 6.92 Å². The van der Waals surface area contributed by atoms with Gasteiger partial charge in [0.2, 0.25) is 5.95 Å². The van der Waals surface area contributed by atoms with Crippen LogP contribution in [0.25, 0.3) is 11.0 Å². The average Bonchev–Trinajstić information content (AvgIpc) is 3.19. The molecule has 0 aliphatic heterocycles. The van der Waals surface area contributed by atoms with Gasteiger partial charge in [-0.3, -0.25) is 9.36 Å². The zero-order valence-electron chi connectivity index (χ0n) is 16.9. The van der Waals surface area contributed by atoms with Crippen molar-refractivity contribution >= 4 is 46.0 Å². The van der Waals surface area contributed by atoms with Crippen LogP contribution in [0.5, 0.6) is 0 Å².